The first-order valence-corrected chi connectivity index (χ1v) is 8.56. The second kappa shape index (κ2) is 9.04. The molecule has 0 aromatic carbocycles. The minimum atomic E-state index is -0.725. The van der Waals surface area contributed by atoms with Crippen LogP contribution in [0.3, 0.4) is 0 Å². The van der Waals surface area contributed by atoms with Gasteiger partial charge in [0, 0.05) is 26.3 Å². The lowest BCUT2D eigenvalue weighted by atomic mass is 10.3. The van der Waals surface area contributed by atoms with E-state index < -0.39 is 17.2 Å². The van der Waals surface area contributed by atoms with Crippen molar-refractivity contribution in [2.75, 3.05) is 30.9 Å². The lowest BCUT2D eigenvalue weighted by molar-refractivity contribution is -0.114. The molecule has 9 heteroatoms. The molecule has 0 aliphatic rings. The van der Waals surface area contributed by atoms with E-state index in [1.54, 1.807) is 19.1 Å². The molecular formula is C18H24N4O5. The van der Waals surface area contributed by atoms with E-state index in [0.717, 1.165) is 0 Å². The largest absolute Gasteiger partial charge is 0.462 e. The number of nitrogens with one attached hydrogen (secondary N) is 1. The van der Waals surface area contributed by atoms with E-state index in [-0.39, 0.29) is 24.7 Å². The number of amides is 1. The van der Waals surface area contributed by atoms with Gasteiger partial charge in [0.15, 0.2) is 5.69 Å². The summed E-state index contributed by atoms with van der Waals surface area (Å²) >= 11 is 0. The molecule has 2 heterocycles. The molecule has 0 saturated carbocycles. The summed E-state index contributed by atoms with van der Waals surface area (Å²) in [4.78, 5) is 40.5. The number of methoxy groups -OCH3 is 1. The van der Waals surface area contributed by atoms with Crippen LogP contribution in [0.1, 0.15) is 24.9 Å². The first-order valence-electron chi connectivity index (χ1n) is 8.56. The van der Waals surface area contributed by atoms with Gasteiger partial charge in [0.1, 0.15) is 17.3 Å². The average Bonchev–Trinajstić information content (AvgIpc) is 3.04. The number of furan rings is 1. The van der Waals surface area contributed by atoms with E-state index in [2.05, 4.69) is 4.98 Å². The predicted octanol–water partition coefficient (Wildman–Crippen LogP) is 1.12. The highest BCUT2D eigenvalue weighted by atomic mass is 16.5. The molecule has 0 aliphatic heterocycles. The fourth-order valence-electron chi connectivity index (χ4n) is 2.58. The van der Waals surface area contributed by atoms with Gasteiger partial charge in [-0.3, -0.25) is 24.0 Å². The van der Waals surface area contributed by atoms with Gasteiger partial charge < -0.3 is 14.9 Å². The Bertz CT molecular complexity index is 938. The number of hydrogen-bond donors (Lipinski definition) is 2. The van der Waals surface area contributed by atoms with Gasteiger partial charge in [0.2, 0.25) is 0 Å². The molecule has 27 heavy (non-hydrogen) atoms. The fraction of sp³-hybridized carbons (Fsp3) is 0.389. The van der Waals surface area contributed by atoms with Crippen molar-refractivity contribution in [2.45, 2.75) is 26.8 Å². The van der Waals surface area contributed by atoms with Gasteiger partial charge in [-0.05, 0) is 31.6 Å². The third-order valence-electron chi connectivity index (χ3n) is 3.87. The number of nitrogens with zero attached hydrogens (tertiary/aromatic N) is 2. The molecule has 0 bridgehead atoms. The molecule has 1 amide bonds. The minimum Gasteiger partial charge on any atom is -0.462 e. The summed E-state index contributed by atoms with van der Waals surface area (Å²) in [6.07, 6.45) is 3.42. The zero-order chi connectivity index (χ0) is 20.0. The summed E-state index contributed by atoms with van der Waals surface area (Å²) < 4.78 is 11.7. The van der Waals surface area contributed by atoms with Gasteiger partial charge in [-0.15, -0.1) is 0 Å². The van der Waals surface area contributed by atoms with Crippen molar-refractivity contribution in [3.8, 4) is 0 Å². The van der Waals surface area contributed by atoms with Gasteiger partial charge in [0.25, 0.3) is 11.5 Å². The van der Waals surface area contributed by atoms with Crippen LogP contribution in [0.25, 0.3) is 6.08 Å². The molecule has 2 aromatic rings. The van der Waals surface area contributed by atoms with Gasteiger partial charge >= 0.3 is 5.69 Å². The number of aryl methyl sites for hydroxylation is 1. The van der Waals surface area contributed by atoms with Crippen molar-refractivity contribution in [1.82, 2.24) is 9.55 Å². The Hall–Kier alpha value is -3.07. The van der Waals surface area contributed by atoms with E-state index in [0.29, 0.717) is 24.5 Å². The fourth-order valence-corrected chi connectivity index (χ4v) is 2.58. The van der Waals surface area contributed by atoms with Crippen LogP contribution in [0.15, 0.2) is 32.2 Å². The van der Waals surface area contributed by atoms with Crippen LogP contribution in [0.2, 0.25) is 0 Å². The van der Waals surface area contributed by atoms with E-state index >= 15 is 0 Å². The molecular weight excluding hydrogens is 352 g/mol. The van der Waals surface area contributed by atoms with E-state index in [9.17, 15) is 14.4 Å². The van der Waals surface area contributed by atoms with Crippen LogP contribution in [0.4, 0.5) is 11.5 Å². The normalized spacial score (nSPS) is 11.2. The smallest absolute Gasteiger partial charge is 0.330 e. The molecule has 0 atom stereocenters. The number of anilines is 2. The lowest BCUT2D eigenvalue weighted by Gasteiger charge is -2.23. The summed E-state index contributed by atoms with van der Waals surface area (Å²) in [5, 5.41) is 0. The van der Waals surface area contributed by atoms with Crippen molar-refractivity contribution in [3.05, 3.63) is 50.6 Å². The summed E-state index contributed by atoms with van der Waals surface area (Å²) in [5.74, 6) is 0.674. The van der Waals surface area contributed by atoms with Crippen LogP contribution in [0, 0.1) is 6.92 Å². The van der Waals surface area contributed by atoms with E-state index in [1.165, 1.54) is 28.7 Å². The zero-order valence-electron chi connectivity index (χ0n) is 15.7. The summed E-state index contributed by atoms with van der Waals surface area (Å²) in [6, 6.07) is 3.50. The number of carbonyl (C=O) groups excluding carboxylic acids is 1. The van der Waals surface area contributed by atoms with Crippen LogP contribution in [-0.4, -0.2) is 35.7 Å². The number of nitrogens with two attached hydrogens (primary N) is 1. The average molecular weight is 376 g/mol. The van der Waals surface area contributed by atoms with Crippen LogP contribution < -0.4 is 21.9 Å². The Balaban J connectivity index is 2.45. The lowest BCUT2D eigenvalue weighted by Crippen LogP contribution is -2.42. The Morgan fingerprint density at radius 3 is 2.74 bits per heavy atom. The second-order valence-electron chi connectivity index (χ2n) is 5.91. The highest BCUT2D eigenvalue weighted by Crippen LogP contribution is 2.18. The Morgan fingerprint density at radius 2 is 2.15 bits per heavy atom. The number of nitrogen functional groups attached to an aromatic ring is 1. The van der Waals surface area contributed by atoms with Crippen LogP contribution in [-0.2, 0) is 16.1 Å². The highest BCUT2D eigenvalue weighted by molar-refractivity contribution is 6.04. The quantitative estimate of drug-likeness (QED) is 0.666. The zero-order valence-corrected chi connectivity index (χ0v) is 15.7. The molecule has 2 aromatic heterocycles. The molecule has 0 unspecified atom stereocenters. The highest BCUT2D eigenvalue weighted by Gasteiger charge is 2.22. The van der Waals surface area contributed by atoms with Crippen molar-refractivity contribution in [1.29, 1.82) is 0 Å². The first kappa shape index (κ1) is 20.2. The molecule has 0 radical (unpaired) electrons. The summed E-state index contributed by atoms with van der Waals surface area (Å²) in [5.41, 5.74) is 4.65. The molecule has 0 aliphatic carbocycles. The number of aromatic nitrogens is 2. The maximum absolute atomic E-state index is 12.7. The molecule has 0 spiro atoms. The van der Waals surface area contributed by atoms with Crippen molar-refractivity contribution in [2.24, 2.45) is 0 Å². The second-order valence-corrected chi connectivity index (χ2v) is 5.91. The Morgan fingerprint density at radius 1 is 1.41 bits per heavy atom. The van der Waals surface area contributed by atoms with E-state index in [4.69, 9.17) is 14.9 Å². The number of ether oxygens (including phenoxy) is 1. The third-order valence-corrected chi connectivity index (χ3v) is 3.87. The molecule has 146 valence electrons. The number of rotatable bonds is 8. The molecule has 2 rings (SSSR count). The molecule has 0 saturated heterocycles. The predicted molar refractivity (Wildman–Crippen MR) is 103 cm³/mol. The van der Waals surface area contributed by atoms with Crippen molar-refractivity contribution >= 4 is 23.5 Å². The van der Waals surface area contributed by atoms with Crippen molar-refractivity contribution < 1.29 is 13.9 Å². The SMILES string of the molecule is CCCn1c(N)c(N(CCOC)C(=O)/C=C/c2ccc(C)o2)c(=O)[nH]c1=O. The van der Waals surface area contributed by atoms with Gasteiger partial charge in [-0.1, -0.05) is 6.92 Å². The van der Waals surface area contributed by atoms with Gasteiger partial charge in [-0.2, -0.15) is 0 Å². The Labute approximate surface area is 156 Å². The topological polar surface area (TPSA) is 124 Å². The third kappa shape index (κ3) is 4.76. The molecule has 0 fully saturated rings. The number of H-pyrrole nitrogens is 1. The number of carbonyl (C=O) groups is 1. The van der Waals surface area contributed by atoms with Gasteiger partial charge in [0.05, 0.1) is 6.61 Å². The van der Waals surface area contributed by atoms with Gasteiger partial charge in [-0.25, -0.2) is 4.79 Å². The maximum Gasteiger partial charge on any atom is 0.330 e. The molecule has 3 N–H and O–H groups in total. The summed E-state index contributed by atoms with van der Waals surface area (Å²) in [6.45, 7) is 4.27. The minimum absolute atomic E-state index is 0.0581. The first-order chi connectivity index (χ1) is 12.9. The maximum atomic E-state index is 12.7. The summed E-state index contributed by atoms with van der Waals surface area (Å²) in [7, 11) is 1.48. The molecule has 9 nitrogen and oxygen atoms in total. The van der Waals surface area contributed by atoms with Crippen molar-refractivity contribution in [3.63, 3.8) is 0 Å². The standard InChI is InChI=1S/C18H24N4O5/c1-4-9-22-16(19)15(17(24)20-18(22)25)21(10-11-26-3)14(23)8-7-13-6-5-12(2)27-13/h5-8H,4,9-11,19H2,1-3H3,(H,20,24,25)/b8-7+. The Kier molecular flexibility index (Phi) is 6.78. The van der Waals surface area contributed by atoms with Crippen LogP contribution in [0.5, 0.6) is 0 Å². The monoisotopic (exact) mass is 376 g/mol. The number of aromatic amines is 1. The number of hydrogen-bond acceptors (Lipinski definition) is 6. The van der Waals surface area contributed by atoms with Crippen LogP contribution >= 0.6 is 0 Å². The van der Waals surface area contributed by atoms with E-state index in [1.807, 2.05) is 6.92 Å².